The van der Waals surface area contributed by atoms with Crippen molar-refractivity contribution in [3.63, 3.8) is 0 Å². The van der Waals surface area contributed by atoms with E-state index in [1.165, 1.54) is 0 Å². The van der Waals surface area contributed by atoms with Gasteiger partial charge in [-0.3, -0.25) is 14.4 Å². The summed E-state index contributed by atoms with van der Waals surface area (Å²) in [5.74, 6) is -1.75. The highest BCUT2D eigenvalue weighted by molar-refractivity contribution is 5.99. The van der Waals surface area contributed by atoms with Gasteiger partial charge in [0, 0.05) is 25.7 Å². The van der Waals surface area contributed by atoms with Crippen molar-refractivity contribution in [1.29, 1.82) is 0 Å². The number of nitrogens with zero attached hydrogens (tertiary/aromatic N) is 1. The molecule has 182 valence electrons. The summed E-state index contributed by atoms with van der Waals surface area (Å²) in [5, 5.41) is 15.3. The average Bonchev–Trinajstić information content (AvgIpc) is 3.23. The second kappa shape index (κ2) is 9.67. The topological polar surface area (TPSA) is 108 Å². The molecule has 8 heteroatoms. The molecule has 0 aromatic heterocycles. The van der Waals surface area contributed by atoms with Gasteiger partial charge >= 0.3 is 0 Å². The van der Waals surface area contributed by atoms with E-state index in [9.17, 15) is 19.5 Å². The van der Waals surface area contributed by atoms with E-state index in [2.05, 4.69) is 24.5 Å². The van der Waals surface area contributed by atoms with E-state index in [1.54, 1.807) is 4.90 Å². The van der Waals surface area contributed by atoms with Crippen molar-refractivity contribution in [2.24, 2.45) is 17.8 Å². The van der Waals surface area contributed by atoms with Gasteiger partial charge in [0.25, 0.3) is 0 Å². The first kappa shape index (κ1) is 25.0. The number of rotatable bonds is 11. The molecule has 3 amide bonds. The summed E-state index contributed by atoms with van der Waals surface area (Å²) in [7, 11) is 0. The van der Waals surface area contributed by atoms with Crippen LogP contribution in [0.25, 0.3) is 0 Å². The molecule has 32 heavy (non-hydrogen) atoms. The van der Waals surface area contributed by atoms with Crippen LogP contribution in [0.15, 0.2) is 0 Å². The molecule has 3 N–H and O–H groups in total. The first-order valence-corrected chi connectivity index (χ1v) is 12.4. The maximum absolute atomic E-state index is 13.8. The van der Waals surface area contributed by atoms with Crippen LogP contribution in [0.3, 0.4) is 0 Å². The molecule has 0 aromatic rings. The molecule has 3 fully saturated rings. The Morgan fingerprint density at radius 1 is 1.25 bits per heavy atom. The monoisotopic (exact) mass is 451 g/mol. The molecule has 0 aromatic carbocycles. The Hall–Kier alpha value is -1.67. The van der Waals surface area contributed by atoms with Crippen LogP contribution in [-0.4, -0.2) is 70.7 Å². The Morgan fingerprint density at radius 3 is 2.59 bits per heavy atom. The van der Waals surface area contributed by atoms with Crippen LogP contribution >= 0.6 is 0 Å². The van der Waals surface area contributed by atoms with E-state index < -0.39 is 29.1 Å². The number of carbonyl (C=O) groups is 3. The third kappa shape index (κ3) is 3.94. The highest BCUT2D eigenvalue weighted by Gasteiger charge is 2.79. The van der Waals surface area contributed by atoms with Crippen LogP contribution in [0.2, 0.25) is 0 Å². The summed E-state index contributed by atoms with van der Waals surface area (Å²) in [4.78, 5) is 42.2. The molecule has 8 nitrogen and oxygen atoms in total. The van der Waals surface area contributed by atoms with E-state index in [0.717, 1.165) is 19.3 Å². The number of carbonyl (C=O) groups excluding carboxylic acids is 3. The predicted octanol–water partition coefficient (Wildman–Crippen LogP) is 1.60. The van der Waals surface area contributed by atoms with Gasteiger partial charge in [-0.2, -0.15) is 0 Å². The summed E-state index contributed by atoms with van der Waals surface area (Å²) in [6, 6.07) is -0.765. The SMILES string of the molecule is CCCNC(=O)[C@H]1[C@H]2C(=O)N(CCCCO)C(C(=O)NC(C)CCC)C23CC(C)[C@]1(C)O3. The van der Waals surface area contributed by atoms with Gasteiger partial charge in [0.1, 0.15) is 11.6 Å². The Kier molecular flexibility index (Phi) is 7.55. The zero-order chi connectivity index (χ0) is 23.7. The Labute approximate surface area is 191 Å². The number of unbranched alkanes of at least 4 members (excludes halogenated alkanes) is 1. The fraction of sp³-hybridized carbons (Fsp3) is 0.875. The van der Waals surface area contributed by atoms with Gasteiger partial charge < -0.3 is 25.4 Å². The van der Waals surface area contributed by atoms with E-state index in [0.29, 0.717) is 32.4 Å². The molecule has 3 saturated heterocycles. The Bertz CT molecular complexity index is 730. The number of ether oxygens (including phenoxy) is 1. The van der Waals surface area contributed by atoms with E-state index in [1.807, 2.05) is 20.8 Å². The number of amides is 3. The van der Waals surface area contributed by atoms with Crippen molar-refractivity contribution < 1.29 is 24.2 Å². The summed E-state index contributed by atoms with van der Waals surface area (Å²) in [5.41, 5.74) is -1.77. The van der Waals surface area contributed by atoms with Gasteiger partial charge in [0.05, 0.1) is 17.4 Å². The first-order chi connectivity index (χ1) is 15.2. The van der Waals surface area contributed by atoms with Crippen LogP contribution in [0, 0.1) is 17.8 Å². The molecule has 3 aliphatic heterocycles. The molecule has 0 saturated carbocycles. The van der Waals surface area contributed by atoms with Crippen molar-refractivity contribution in [1.82, 2.24) is 15.5 Å². The second-order valence-corrected chi connectivity index (χ2v) is 10.2. The average molecular weight is 452 g/mol. The second-order valence-electron chi connectivity index (χ2n) is 10.2. The number of hydrogen-bond donors (Lipinski definition) is 3. The van der Waals surface area contributed by atoms with Gasteiger partial charge in [0.2, 0.25) is 17.7 Å². The summed E-state index contributed by atoms with van der Waals surface area (Å²) < 4.78 is 6.65. The summed E-state index contributed by atoms with van der Waals surface area (Å²) >= 11 is 0. The fourth-order valence-electron chi connectivity index (χ4n) is 6.26. The Balaban J connectivity index is 1.98. The minimum absolute atomic E-state index is 0.00685. The molecule has 3 aliphatic rings. The number of fused-ring (bicyclic) bond motifs is 1. The third-order valence-corrected chi connectivity index (χ3v) is 7.81. The molecule has 1 spiro atoms. The molecule has 0 aliphatic carbocycles. The fourth-order valence-corrected chi connectivity index (χ4v) is 6.26. The minimum Gasteiger partial charge on any atom is -0.396 e. The molecule has 4 unspecified atom stereocenters. The summed E-state index contributed by atoms with van der Waals surface area (Å²) in [6.07, 6.45) is 4.34. The lowest BCUT2D eigenvalue weighted by molar-refractivity contribution is -0.147. The smallest absolute Gasteiger partial charge is 0.246 e. The first-order valence-electron chi connectivity index (χ1n) is 12.4. The van der Waals surface area contributed by atoms with Gasteiger partial charge in [-0.15, -0.1) is 0 Å². The molecule has 7 atom stereocenters. The zero-order valence-electron chi connectivity index (χ0n) is 20.3. The van der Waals surface area contributed by atoms with Crippen molar-refractivity contribution >= 4 is 17.7 Å². The van der Waals surface area contributed by atoms with Crippen molar-refractivity contribution in [3.8, 4) is 0 Å². The Morgan fingerprint density at radius 2 is 1.97 bits per heavy atom. The largest absolute Gasteiger partial charge is 0.396 e. The maximum atomic E-state index is 13.8. The molecule has 3 rings (SSSR count). The number of aliphatic hydroxyl groups is 1. The molecular formula is C24H41N3O5. The van der Waals surface area contributed by atoms with Crippen LogP contribution in [0.4, 0.5) is 0 Å². The van der Waals surface area contributed by atoms with Gasteiger partial charge in [-0.05, 0) is 51.9 Å². The van der Waals surface area contributed by atoms with Gasteiger partial charge in [-0.1, -0.05) is 27.2 Å². The normalized spacial score (nSPS) is 36.3. The number of likely N-dealkylation sites (tertiary alicyclic amines) is 1. The van der Waals surface area contributed by atoms with Crippen LogP contribution in [-0.2, 0) is 19.1 Å². The van der Waals surface area contributed by atoms with E-state index in [4.69, 9.17) is 4.74 Å². The molecule has 2 bridgehead atoms. The van der Waals surface area contributed by atoms with Crippen molar-refractivity contribution in [2.75, 3.05) is 19.7 Å². The predicted molar refractivity (Wildman–Crippen MR) is 121 cm³/mol. The zero-order valence-corrected chi connectivity index (χ0v) is 20.3. The molecule has 0 radical (unpaired) electrons. The van der Waals surface area contributed by atoms with E-state index >= 15 is 0 Å². The molecule has 3 heterocycles. The third-order valence-electron chi connectivity index (χ3n) is 7.81. The van der Waals surface area contributed by atoms with Gasteiger partial charge in [0.15, 0.2) is 0 Å². The standard InChI is InChI=1S/C24H41N3O5/c1-6-10-16(4)26-21(30)19-24-14-15(3)23(5,32-24)17(20(29)25-11-7-2)18(24)22(31)27(19)12-8-9-13-28/h15-19,28H,6-14H2,1-5H3,(H,25,29)(H,26,30)/t15?,16?,17-,18+,19?,23+,24?/m1/s1. The van der Waals surface area contributed by atoms with Gasteiger partial charge in [-0.25, -0.2) is 0 Å². The summed E-state index contributed by atoms with van der Waals surface area (Å²) in [6.45, 7) is 11.0. The molecular weight excluding hydrogens is 410 g/mol. The maximum Gasteiger partial charge on any atom is 0.246 e. The van der Waals surface area contributed by atoms with Crippen LogP contribution in [0.1, 0.15) is 73.1 Å². The quantitative estimate of drug-likeness (QED) is 0.414. The number of nitrogens with one attached hydrogen (secondary N) is 2. The van der Waals surface area contributed by atoms with Crippen molar-refractivity contribution in [2.45, 2.75) is 96.4 Å². The minimum atomic E-state index is -0.991. The van der Waals surface area contributed by atoms with E-state index in [-0.39, 0.29) is 36.3 Å². The number of hydrogen-bond acceptors (Lipinski definition) is 5. The lowest BCUT2D eigenvalue weighted by Gasteiger charge is -2.36. The van der Waals surface area contributed by atoms with Crippen LogP contribution < -0.4 is 10.6 Å². The number of aliphatic hydroxyl groups excluding tert-OH is 1. The lowest BCUT2D eigenvalue weighted by Crippen LogP contribution is -2.57. The highest BCUT2D eigenvalue weighted by Crippen LogP contribution is 2.65. The van der Waals surface area contributed by atoms with Crippen molar-refractivity contribution in [3.05, 3.63) is 0 Å². The highest BCUT2D eigenvalue weighted by atomic mass is 16.5. The lowest BCUT2D eigenvalue weighted by atomic mass is 9.62. The van der Waals surface area contributed by atoms with Crippen LogP contribution in [0.5, 0.6) is 0 Å².